The Morgan fingerprint density at radius 2 is 1.72 bits per heavy atom. The zero-order valence-electron chi connectivity index (χ0n) is 10.5. The van der Waals surface area contributed by atoms with Crippen LogP contribution in [0.1, 0.15) is 27.2 Å². The maximum Gasteiger partial charge on any atom is 0.331 e. The predicted molar refractivity (Wildman–Crippen MR) is 60.2 cm³/mol. The lowest BCUT2D eigenvalue weighted by atomic mass is 9.72. The molecule has 7 nitrogen and oxygen atoms in total. The Hall–Kier alpha value is -1.92. The van der Waals surface area contributed by atoms with Crippen LogP contribution in [0, 0.1) is 11.3 Å². The molecule has 1 saturated heterocycles. The molecule has 1 atom stereocenters. The summed E-state index contributed by atoms with van der Waals surface area (Å²) in [5.41, 5.74) is -1.99. The maximum absolute atomic E-state index is 12.0. The topological polar surface area (TPSA) is 102 Å². The van der Waals surface area contributed by atoms with Crippen LogP contribution in [0.5, 0.6) is 0 Å². The van der Waals surface area contributed by atoms with Gasteiger partial charge in [0, 0.05) is 0 Å². The summed E-state index contributed by atoms with van der Waals surface area (Å²) in [6.45, 7) is 4.95. The summed E-state index contributed by atoms with van der Waals surface area (Å²) in [7, 11) is 0. The number of carbonyl (C=O) groups is 4. The molecule has 0 spiro atoms. The minimum atomic E-state index is -1.99. The first-order valence-corrected chi connectivity index (χ1v) is 5.75. The summed E-state index contributed by atoms with van der Waals surface area (Å²) >= 11 is 0. The molecule has 1 fully saturated rings. The number of urea groups is 1. The van der Waals surface area contributed by atoms with Crippen LogP contribution >= 0.6 is 0 Å². The second kappa shape index (κ2) is 5.16. The summed E-state index contributed by atoms with van der Waals surface area (Å²) in [6, 6.07) is -0.923. The molecule has 7 heteroatoms. The Morgan fingerprint density at radius 1 is 1.22 bits per heavy atom. The number of barbiturate groups is 1. The van der Waals surface area contributed by atoms with Crippen molar-refractivity contribution in [2.24, 2.45) is 11.3 Å². The monoisotopic (exact) mass is 256 g/mol. The standard InChI is InChI=1S/C11H16N2O5/c1-4-6(3)11(9(16)18-5-2)7(14)12-10(17)13-8(11)15/h6H,4-5H2,1-3H3,(H2,12,13,14,15,17). The molecule has 1 aliphatic rings. The normalized spacial score (nSPS) is 19.8. The molecule has 0 aromatic heterocycles. The largest absolute Gasteiger partial charge is 0.465 e. The van der Waals surface area contributed by atoms with Gasteiger partial charge in [-0.2, -0.15) is 0 Å². The molecule has 1 aliphatic heterocycles. The first kappa shape index (κ1) is 14.1. The third-order valence-electron chi connectivity index (χ3n) is 3.12. The Labute approximate surface area is 104 Å². The Balaban J connectivity index is 3.26. The highest BCUT2D eigenvalue weighted by Gasteiger charge is 2.60. The van der Waals surface area contributed by atoms with Gasteiger partial charge in [0.25, 0.3) is 11.8 Å². The smallest absolute Gasteiger partial charge is 0.331 e. The van der Waals surface area contributed by atoms with Crippen LogP contribution in [0.2, 0.25) is 0 Å². The molecule has 1 unspecified atom stereocenters. The Kier molecular flexibility index (Phi) is 4.05. The van der Waals surface area contributed by atoms with Gasteiger partial charge in [0.2, 0.25) is 5.41 Å². The highest BCUT2D eigenvalue weighted by molar-refractivity contribution is 6.29. The van der Waals surface area contributed by atoms with E-state index in [2.05, 4.69) is 0 Å². The van der Waals surface area contributed by atoms with E-state index in [9.17, 15) is 19.2 Å². The van der Waals surface area contributed by atoms with E-state index in [0.717, 1.165) is 0 Å². The van der Waals surface area contributed by atoms with Crippen molar-refractivity contribution in [1.29, 1.82) is 0 Å². The molecule has 1 heterocycles. The summed E-state index contributed by atoms with van der Waals surface area (Å²) in [6.07, 6.45) is 0.411. The summed E-state index contributed by atoms with van der Waals surface area (Å²) in [5.74, 6) is -3.36. The Morgan fingerprint density at radius 3 is 2.11 bits per heavy atom. The van der Waals surface area contributed by atoms with Gasteiger partial charge < -0.3 is 4.74 Å². The third kappa shape index (κ3) is 1.96. The molecule has 0 radical (unpaired) electrons. The van der Waals surface area contributed by atoms with E-state index in [1.165, 1.54) is 0 Å². The zero-order chi connectivity index (χ0) is 13.9. The quantitative estimate of drug-likeness (QED) is 0.542. The number of nitrogens with one attached hydrogen (secondary N) is 2. The van der Waals surface area contributed by atoms with Crippen molar-refractivity contribution in [2.75, 3.05) is 6.61 Å². The molecule has 1 rings (SSSR count). The minimum absolute atomic E-state index is 0.0471. The Bertz CT molecular complexity index is 384. The summed E-state index contributed by atoms with van der Waals surface area (Å²) < 4.78 is 4.81. The molecular formula is C11H16N2O5. The van der Waals surface area contributed by atoms with Gasteiger partial charge in [-0.1, -0.05) is 20.3 Å². The number of carbonyl (C=O) groups excluding carboxylic acids is 4. The number of amides is 4. The molecule has 0 saturated carbocycles. The zero-order valence-corrected chi connectivity index (χ0v) is 10.5. The van der Waals surface area contributed by atoms with Gasteiger partial charge in [0.05, 0.1) is 6.61 Å². The van der Waals surface area contributed by atoms with Crippen LogP contribution < -0.4 is 10.6 Å². The molecule has 4 amide bonds. The highest BCUT2D eigenvalue weighted by atomic mass is 16.5. The van der Waals surface area contributed by atoms with Crippen LogP contribution in [0.15, 0.2) is 0 Å². The van der Waals surface area contributed by atoms with Gasteiger partial charge in [0.15, 0.2) is 0 Å². The number of esters is 1. The summed E-state index contributed by atoms with van der Waals surface area (Å²) in [5, 5.41) is 3.89. The molecule has 0 aliphatic carbocycles. The van der Waals surface area contributed by atoms with Gasteiger partial charge in [-0.25, -0.2) is 4.79 Å². The number of rotatable bonds is 4. The van der Waals surface area contributed by atoms with Gasteiger partial charge in [-0.3, -0.25) is 25.0 Å². The first-order valence-electron chi connectivity index (χ1n) is 5.75. The number of ether oxygens (including phenoxy) is 1. The molecule has 0 aromatic rings. The molecular weight excluding hydrogens is 240 g/mol. The third-order valence-corrected chi connectivity index (χ3v) is 3.12. The van der Waals surface area contributed by atoms with E-state index in [4.69, 9.17) is 4.74 Å². The fourth-order valence-electron chi connectivity index (χ4n) is 1.92. The maximum atomic E-state index is 12.0. The summed E-state index contributed by atoms with van der Waals surface area (Å²) in [4.78, 5) is 47.0. The van der Waals surface area contributed by atoms with Crippen LogP contribution in [0.25, 0.3) is 0 Å². The number of hydrogen-bond acceptors (Lipinski definition) is 5. The van der Waals surface area contributed by atoms with E-state index in [1.54, 1.807) is 20.8 Å². The van der Waals surface area contributed by atoms with E-state index in [-0.39, 0.29) is 6.61 Å². The minimum Gasteiger partial charge on any atom is -0.465 e. The fraction of sp³-hybridized carbons (Fsp3) is 0.636. The average molecular weight is 256 g/mol. The van der Waals surface area contributed by atoms with Crippen LogP contribution in [0.4, 0.5) is 4.79 Å². The molecule has 100 valence electrons. The van der Waals surface area contributed by atoms with Crippen molar-refractivity contribution in [3.8, 4) is 0 Å². The molecule has 2 N–H and O–H groups in total. The second-order valence-electron chi connectivity index (χ2n) is 4.08. The lowest BCUT2D eigenvalue weighted by Crippen LogP contribution is -2.67. The van der Waals surface area contributed by atoms with E-state index >= 15 is 0 Å². The van der Waals surface area contributed by atoms with Crippen molar-refractivity contribution in [3.05, 3.63) is 0 Å². The van der Waals surface area contributed by atoms with Crippen molar-refractivity contribution in [2.45, 2.75) is 27.2 Å². The fourth-order valence-corrected chi connectivity index (χ4v) is 1.92. The number of imide groups is 2. The van der Waals surface area contributed by atoms with Crippen LogP contribution in [-0.4, -0.2) is 30.4 Å². The van der Waals surface area contributed by atoms with E-state index in [0.29, 0.717) is 6.42 Å². The first-order chi connectivity index (χ1) is 8.41. The van der Waals surface area contributed by atoms with E-state index in [1.807, 2.05) is 10.6 Å². The van der Waals surface area contributed by atoms with Crippen LogP contribution in [0.3, 0.4) is 0 Å². The van der Waals surface area contributed by atoms with Crippen molar-refractivity contribution in [3.63, 3.8) is 0 Å². The van der Waals surface area contributed by atoms with Gasteiger partial charge in [-0.15, -0.1) is 0 Å². The van der Waals surface area contributed by atoms with Crippen LogP contribution in [-0.2, 0) is 19.1 Å². The SMILES string of the molecule is CCOC(=O)C1(C(C)CC)C(=O)NC(=O)NC1=O. The highest BCUT2D eigenvalue weighted by Crippen LogP contribution is 2.34. The second-order valence-corrected chi connectivity index (χ2v) is 4.08. The van der Waals surface area contributed by atoms with Gasteiger partial charge in [0.1, 0.15) is 0 Å². The predicted octanol–water partition coefficient (Wildman–Crippen LogP) is -0.0520. The van der Waals surface area contributed by atoms with Gasteiger partial charge in [-0.05, 0) is 12.8 Å². The van der Waals surface area contributed by atoms with Crippen molar-refractivity contribution < 1.29 is 23.9 Å². The molecule has 0 bridgehead atoms. The molecule has 0 aromatic carbocycles. The lowest BCUT2D eigenvalue weighted by Gasteiger charge is -2.35. The number of hydrogen-bond donors (Lipinski definition) is 2. The van der Waals surface area contributed by atoms with Gasteiger partial charge >= 0.3 is 12.0 Å². The van der Waals surface area contributed by atoms with Crippen molar-refractivity contribution in [1.82, 2.24) is 10.6 Å². The van der Waals surface area contributed by atoms with Crippen molar-refractivity contribution >= 4 is 23.8 Å². The average Bonchev–Trinajstić information content (AvgIpc) is 2.28. The van der Waals surface area contributed by atoms with E-state index < -0.39 is 35.1 Å². The molecule has 18 heavy (non-hydrogen) atoms. The lowest BCUT2D eigenvalue weighted by molar-refractivity contribution is -0.170.